The molecule has 1 heterocycles. The molecule has 4 heteroatoms. The topological polar surface area (TPSA) is 15.8 Å². The molecule has 2 rings (SSSR count). The van der Waals surface area contributed by atoms with E-state index < -0.39 is 12.6 Å². The Bertz CT molecular complexity index is 499. The van der Waals surface area contributed by atoms with Crippen molar-refractivity contribution >= 4 is 10.9 Å². The lowest BCUT2D eigenvalue weighted by atomic mass is 9.96. The zero-order valence-electron chi connectivity index (χ0n) is 9.51. The molecular weight excluding hydrogens is 227 g/mol. The largest absolute Gasteiger partial charge is 0.389 e. The average Bonchev–Trinajstić information content (AvgIpc) is 2.68. The van der Waals surface area contributed by atoms with Gasteiger partial charge in [0.15, 0.2) is 0 Å². The molecule has 2 aromatic rings. The zero-order chi connectivity index (χ0) is 12.5. The first kappa shape index (κ1) is 12.0. The molecule has 0 saturated carbocycles. The van der Waals surface area contributed by atoms with E-state index in [1.54, 1.807) is 0 Å². The van der Waals surface area contributed by atoms with Gasteiger partial charge in [0, 0.05) is 23.5 Å². The third kappa shape index (κ3) is 2.81. The molecule has 0 aliphatic carbocycles. The highest BCUT2D eigenvalue weighted by molar-refractivity contribution is 5.83. The summed E-state index contributed by atoms with van der Waals surface area (Å²) in [7, 11) is 0. The molecule has 1 atom stereocenters. The highest BCUT2D eigenvalue weighted by Crippen LogP contribution is 2.32. The monoisotopic (exact) mass is 241 g/mol. The molecule has 0 saturated heterocycles. The molecule has 1 unspecified atom stereocenters. The molecule has 1 aromatic heterocycles. The van der Waals surface area contributed by atoms with Crippen molar-refractivity contribution in [2.24, 2.45) is 0 Å². The summed E-state index contributed by atoms with van der Waals surface area (Å²) in [5.41, 5.74) is 1.94. The Hall–Kier alpha value is -1.45. The quantitative estimate of drug-likeness (QED) is 0.807. The summed E-state index contributed by atoms with van der Waals surface area (Å²) in [6.07, 6.45) is -2.86. The first-order valence-electron chi connectivity index (χ1n) is 5.60. The number of aromatic nitrogens is 1. The lowest BCUT2D eigenvalue weighted by molar-refractivity contribution is -0.136. The number of hydrogen-bond acceptors (Lipinski definition) is 0. The van der Waals surface area contributed by atoms with Crippen LogP contribution in [0.5, 0.6) is 0 Å². The number of rotatable bonds is 3. The highest BCUT2D eigenvalue weighted by atomic mass is 19.4. The normalized spacial score (nSPS) is 14.1. The number of H-pyrrole nitrogens is 1. The number of benzene rings is 1. The maximum atomic E-state index is 12.2. The van der Waals surface area contributed by atoms with Crippen LogP contribution >= 0.6 is 0 Å². The van der Waals surface area contributed by atoms with E-state index >= 15 is 0 Å². The molecule has 0 amide bonds. The highest BCUT2D eigenvalue weighted by Gasteiger charge is 2.28. The maximum Gasteiger partial charge on any atom is 0.389 e. The molecule has 0 aliphatic heterocycles. The molecule has 1 aromatic carbocycles. The number of halogens is 3. The molecule has 1 N–H and O–H groups in total. The number of nitrogens with one attached hydrogen (secondary N) is 1. The zero-order valence-corrected chi connectivity index (χ0v) is 9.51. The molecule has 92 valence electrons. The first-order chi connectivity index (χ1) is 7.97. The van der Waals surface area contributed by atoms with Gasteiger partial charge >= 0.3 is 6.18 Å². The maximum absolute atomic E-state index is 12.2. The van der Waals surface area contributed by atoms with Crippen LogP contribution in [-0.4, -0.2) is 11.2 Å². The van der Waals surface area contributed by atoms with E-state index in [4.69, 9.17) is 0 Å². The van der Waals surface area contributed by atoms with E-state index in [0.717, 1.165) is 16.5 Å². The van der Waals surface area contributed by atoms with Gasteiger partial charge in [-0.2, -0.15) is 13.2 Å². The minimum absolute atomic E-state index is 0.0900. The Morgan fingerprint density at radius 1 is 1.24 bits per heavy atom. The van der Waals surface area contributed by atoms with E-state index in [1.807, 2.05) is 37.4 Å². The fourth-order valence-electron chi connectivity index (χ4n) is 2.04. The second kappa shape index (κ2) is 4.43. The van der Waals surface area contributed by atoms with Gasteiger partial charge in [0.25, 0.3) is 0 Å². The van der Waals surface area contributed by atoms with Gasteiger partial charge in [-0.05, 0) is 24.0 Å². The van der Waals surface area contributed by atoms with E-state index in [0.29, 0.717) is 0 Å². The van der Waals surface area contributed by atoms with Crippen LogP contribution in [0.2, 0.25) is 0 Å². The fraction of sp³-hybridized carbons (Fsp3) is 0.385. The van der Waals surface area contributed by atoms with Crippen LogP contribution in [0.4, 0.5) is 13.2 Å². The molecule has 0 spiro atoms. The van der Waals surface area contributed by atoms with Crippen molar-refractivity contribution in [3.05, 3.63) is 36.0 Å². The van der Waals surface area contributed by atoms with Gasteiger partial charge in [-0.15, -0.1) is 0 Å². The van der Waals surface area contributed by atoms with Gasteiger partial charge in [-0.3, -0.25) is 0 Å². The Kier molecular flexibility index (Phi) is 3.13. The summed E-state index contributed by atoms with van der Waals surface area (Å²) < 4.78 is 36.5. The third-order valence-corrected chi connectivity index (χ3v) is 3.01. The van der Waals surface area contributed by atoms with Crippen LogP contribution in [0.15, 0.2) is 30.5 Å². The van der Waals surface area contributed by atoms with Gasteiger partial charge in [0.05, 0.1) is 0 Å². The Balaban J connectivity index is 2.16. The average molecular weight is 241 g/mol. The van der Waals surface area contributed by atoms with Crippen LogP contribution in [0.1, 0.15) is 31.2 Å². The molecule has 0 fully saturated rings. The van der Waals surface area contributed by atoms with Crippen molar-refractivity contribution in [3.8, 4) is 0 Å². The van der Waals surface area contributed by atoms with Crippen LogP contribution in [0.25, 0.3) is 10.9 Å². The fourth-order valence-corrected chi connectivity index (χ4v) is 2.04. The number of hydrogen-bond donors (Lipinski definition) is 1. The minimum atomic E-state index is -4.07. The second-order valence-electron chi connectivity index (χ2n) is 4.34. The molecule has 0 bridgehead atoms. The number of para-hydroxylation sites is 1. The van der Waals surface area contributed by atoms with Crippen molar-refractivity contribution in [1.29, 1.82) is 0 Å². The van der Waals surface area contributed by atoms with Crippen molar-refractivity contribution in [3.63, 3.8) is 0 Å². The summed E-state index contributed by atoms with van der Waals surface area (Å²) in [5.74, 6) is -0.0900. The lowest BCUT2D eigenvalue weighted by Gasteiger charge is -2.12. The minimum Gasteiger partial charge on any atom is -0.361 e. The van der Waals surface area contributed by atoms with Crippen molar-refractivity contribution < 1.29 is 13.2 Å². The van der Waals surface area contributed by atoms with Gasteiger partial charge in [0.2, 0.25) is 0 Å². The summed E-state index contributed by atoms with van der Waals surface area (Å²) >= 11 is 0. The van der Waals surface area contributed by atoms with E-state index in [9.17, 15) is 13.2 Å². The molecule has 1 nitrogen and oxygen atoms in total. The van der Waals surface area contributed by atoms with Crippen LogP contribution in [-0.2, 0) is 0 Å². The standard InChI is InChI=1S/C13H14F3N/c1-9(6-7-13(14,15)16)11-8-17-12-5-3-2-4-10(11)12/h2-5,8-9,17H,6-7H2,1H3. The molecule has 0 radical (unpaired) electrons. The van der Waals surface area contributed by atoms with Crippen LogP contribution in [0.3, 0.4) is 0 Å². The molecular formula is C13H14F3N. The van der Waals surface area contributed by atoms with Crippen LogP contribution < -0.4 is 0 Å². The van der Waals surface area contributed by atoms with Crippen molar-refractivity contribution in [2.45, 2.75) is 31.9 Å². The second-order valence-corrected chi connectivity index (χ2v) is 4.34. The summed E-state index contributed by atoms with van der Waals surface area (Å²) in [6.45, 7) is 1.83. The summed E-state index contributed by atoms with van der Waals surface area (Å²) in [5, 5.41) is 1.02. The van der Waals surface area contributed by atoms with Gasteiger partial charge in [-0.1, -0.05) is 25.1 Å². The van der Waals surface area contributed by atoms with Gasteiger partial charge in [0.1, 0.15) is 0 Å². The predicted molar refractivity (Wildman–Crippen MR) is 62.0 cm³/mol. The summed E-state index contributed by atoms with van der Waals surface area (Å²) in [6, 6.07) is 7.67. The Labute approximate surface area is 97.6 Å². The lowest BCUT2D eigenvalue weighted by Crippen LogP contribution is -2.08. The van der Waals surface area contributed by atoms with Crippen molar-refractivity contribution in [2.75, 3.05) is 0 Å². The summed E-state index contributed by atoms with van der Waals surface area (Å²) in [4.78, 5) is 3.08. The smallest absolute Gasteiger partial charge is 0.361 e. The van der Waals surface area contributed by atoms with Crippen molar-refractivity contribution in [1.82, 2.24) is 4.98 Å². The van der Waals surface area contributed by atoms with Crippen LogP contribution in [0, 0.1) is 0 Å². The third-order valence-electron chi connectivity index (χ3n) is 3.01. The number of fused-ring (bicyclic) bond motifs is 1. The van der Waals surface area contributed by atoms with E-state index in [-0.39, 0.29) is 12.3 Å². The Morgan fingerprint density at radius 3 is 2.65 bits per heavy atom. The van der Waals surface area contributed by atoms with Gasteiger partial charge < -0.3 is 4.98 Å². The predicted octanol–water partition coefficient (Wildman–Crippen LogP) is 4.61. The molecule has 0 aliphatic rings. The number of aromatic amines is 1. The molecule has 17 heavy (non-hydrogen) atoms. The van der Waals surface area contributed by atoms with E-state index in [2.05, 4.69) is 4.98 Å². The Morgan fingerprint density at radius 2 is 1.94 bits per heavy atom. The van der Waals surface area contributed by atoms with E-state index in [1.165, 1.54) is 0 Å². The van der Waals surface area contributed by atoms with Gasteiger partial charge in [-0.25, -0.2) is 0 Å². The SMILES string of the molecule is CC(CCC(F)(F)F)c1c[nH]c2ccccc12. The number of alkyl halides is 3. The first-order valence-corrected chi connectivity index (χ1v) is 5.60.